The number of carbonyl (C=O) groups is 2. The zero-order chi connectivity index (χ0) is 24.1. The van der Waals surface area contributed by atoms with Crippen molar-refractivity contribution < 1.29 is 27.5 Å². The lowest BCUT2D eigenvalue weighted by atomic mass is 10.1. The van der Waals surface area contributed by atoms with Gasteiger partial charge in [-0.1, -0.05) is 6.07 Å². The van der Waals surface area contributed by atoms with Gasteiger partial charge in [0.1, 0.15) is 5.75 Å². The number of rotatable bonds is 5. The number of benzene rings is 2. The second-order valence-electron chi connectivity index (χ2n) is 7.56. The first kappa shape index (κ1) is 23.0. The van der Waals surface area contributed by atoms with Gasteiger partial charge in [-0.05, 0) is 54.1 Å². The molecule has 4 rings (SSSR count). The van der Waals surface area contributed by atoms with Gasteiger partial charge in [-0.3, -0.25) is 14.6 Å². The molecule has 6 nitrogen and oxygen atoms in total. The summed E-state index contributed by atoms with van der Waals surface area (Å²) in [7, 11) is 0. The van der Waals surface area contributed by atoms with Crippen molar-refractivity contribution in [1.29, 1.82) is 0 Å². The van der Waals surface area contributed by atoms with E-state index in [1.54, 1.807) is 29.3 Å². The molecule has 0 bridgehead atoms. The fourth-order valence-electron chi connectivity index (χ4n) is 3.45. The van der Waals surface area contributed by atoms with E-state index >= 15 is 0 Å². The number of halogens is 3. The molecule has 1 saturated heterocycles. The van der Waals surface area contributed by atoms with Gasteiger partial charge < -0.3 is 14.5 Å². The lowest BCUT2D eigenvalue weighted by molar-refractivity contribution is -0.127. The van der Waals surface area contributed by atoms with Crippen LogP contribution in [0.1, 0.15) is 15.9 Å². The first-order chi connectivity index (χ1) is 16.4. The Morgan fingerprint density at radius 1 is 0.882 bits per heavy atom. The quantitative estimate of drug-likeness (QED) is 0.526. The zero-order valence-electron chi connectivity index (χ0n) is 18.0. The zero-order valence-corrected chi connectivity index (χ0v) is 18.0. The molecule has 2 amide bonds. The first-order valence-corrected chi connectivity index (χ1v) is 10.5. The van der Waals surface area contributed by atoms with Gasteiger partial charge in [0.15, 0.2) is 23.2 Å². The van der Waals surface area contributed by atoms with Gasteiger partial charge in [0.25, 0.3) is 5.91 Å². The molecule has 0 saturated carbocycles. The summed E-state index contributed by atoms with van der Waals surface area (Å²) < 4.78 is 46.3. The molecular weight excluding hydrogens is 447 g/mol. The number of carbonyl (C=O) groups excluding carboxylic acids is 2. The molecule has 34 heavy (non-hydrogen) atoms. The minimum Gasteiger partial charge on any atom is -0.453 e. The highest BCUT2D eigenvalue weighted by Gasteiger charge is 2.24. The number of pyridine rings is 1. The Labute approximate surface area is 193 Å². The van der Waals surface area contributed by atoms with E-state index in [0.29, 0.717) is 11.3 Å². The van der Waals surface area contributed by atoms with Crippen LogP contribution in [0.4, 0.5) is 13.2 Å². The number of aromatic nitrogens is 1. The normalized spacial score (nSPS) is 13.9. The smallest absolute Gasteiger partial charge is 0.254 e. The Morgan fingerprint density at radius 3 is 2.32 bits per heavy atom. The molecule has 0 aliphatic carbocycles. The molecule has 0 radical (unpaired) electrons. The lowest BCUT2D eigenvalue weighted by Crippen LogP contribution is -2.50. The van der Waals surface area contributed by atoms with Crippen molar-refractivity contribution in [3.8, 4) is 11.5 Å². The van der Waals surface area contributed by atoms with E-state index in [-0.39, 0.29) is 43.4 Å². The van der Waals surface area contributed by atoms with E-state index in [1.165, 1.54) is 41.4 Å². The van der Waals surface area contributed by atoms with Gasteiger partial charge in [0, 0.05) is 44.0 Å². The number of amides is 2. The predicted molar refractivity (Wildman–Crippen MR) is 119 cm³/mol. The van der Waals surface area contributed by atoms with Crippen molar-refractivity contribution in [3.63, 3.8) is 0 Å². The first-order valence-electron chi connectivity index (χ1n) is 10.5. The molecule has 1 fully saturated rings. The SMILES string of the molecule is O=C(/C=C/c1ccc(Oc2cccnc2)c(F)c1)N1CCN(C(=O)c2ccc(F)c(F)c2)CC1. The summed E-state index contributed by atoms with van der Waals surface area (Å²) in [5.41, 5.74) is 0.535. The minimum absolute atomic E-state index is 0.0401. The number of hydrogen-bond donors (Lipinski definition) is 0. The Bertz CT molecular complexity index is 1230. The maximum Gasteiger partial charge on any atom is 0.254 e. The molecule has 0 N–H and O–H groups in total. The molecule has 3 aromatic rings. The molecule has 1 aliphatic rings. The molecule has 0 atom stereocenters. The third kappa shape index (κ3) is 5.43. The second kappa shape index (κ2) is 10.2. The van der Waals surface area contributed by atoms with Crippen LogP contribution in [0.15, 0.2) is 67.0 Å². The largest absolute Gasteiger partial charge is 0.453 e. The Kier molecular flexibility index (Phi) is 6.91. The van der Waals surface area contributed by atoms with E-state index < -0.39 is 23.4 Å². The van der Waals surface area contributed by atoms with Crippen molar-refractivity contribution in [2.24, 2.45) is 0 Å². The van der Waals surface area contributed by atoms with Crippen LogP contribution in [0.25, 0.3) is 6.08 Å². The maximum absolute atomic E-state index is 14.4. The number of hydrogen-bond acceptors (Lipinski definition) is 4. The van der Waals surface area contributed by atoms with Crippen LogP contribution in [0.3, 0.4) is 0 Å². The van der Waals surface area contributed by atoms with Crippen molar-refractivity contribution in [2.45, 2.75) is 0 Å². The number of piperazine rings is 1. The van der Waals surface area contributed by atoms with Crippen LogP contribution in [-0.2, 0) is 4.79 Å². The monoisotopic (exact) mass is 467 g/mol. The molecule has 1 aliphatic heterocycles. The van der Waals surface area contributed by atoms with Gasteiger partial charge in [0.2, 0.25) is 5.91 Å². The molecule has 9 heteroatoms. The summed E-state index contributed by atoms with van der Waals surface area (Å²) >= 11 is 0. The van der Waals surface area contributed by atoms with Crippen molar-refractivity contribution in [2.75, 3.05) is 26.2 Å². The molecule has 2 heterocycles. The van der Waals surface area contributed by atoms with Gasteiger partial charge in [-0.25, -0.2) is 13.2 Å². The average molecular weight is 467 g/mol. The number of ether oxygens (including phenoxy) is 1. The number of nitrogens with zero attached hydrogens (tertiary/aromatic N) is 3. The van der Waals surface area contributed by atoms with Gasteiger partial charge >= 0.3 is 0 Å². The molecule has 174 valence electrons. The molecule has 2 aromatic carbocycles. The highest BCUT2D eigenvalue weighted by atomic mass is 19.2. The standard InChI is InChI=1S/C25H20F3N3O3/c26-20-6-5-18(15-21(20)27)25(33)31-12-10-30(11-13-31)24(32)8-4-17-3-7-23(22(28)14-17)34-19-2-1-9-29-16-19/h1-9,14-16H,10-13H2/b8-4+. The highest BCUT2D eigenvalue weighted by Crippen LogP contribution is 2.25. The molecule has 0 unspecified atom stereocenters. The van der Waals surface area contributed by atoms with Gasteiger partial charge in [-0.2, -0.15) is 0 Å². The summed E-state index contributed by atoms with van der Waals surface area (Å²) in [5, 5.41) is 0. The van der Waals surface area contributed by atoms with E-state index in [4.69, 9.17) is 4.74 Å². The van der Waals surface area contributed by atoms with Gasteiger partial charge in [0.05, 0.1) is 6.20 Å². The van der Waals surface area contributed by atoms with E-state index in [9.17, 15) is 22.8 Å². The average Bonchev–Trinajstić information content (AvgIpc) is 2.86. The fourth-order valence-corrected chi connectivity index (χ4v) is 3.45. The van der Waals surface area contributed by atoms with E-state index in [0.717, 1.165) is 12.1 Å². The van der Waals surface area contributed by atoms with Crippen LogP contribution in [-0.4, -0.2) is 52.8 Å². The Balaban J connectivity index is 1.32. The van der Waals surface area contributed by atoms with Crippen molar-refractivity contribution in [1.82, 2.24) is 14.8 Å². The van der Waals surface area contributed by atoms with Crippen LogP contribution in [0, 0.1) is 17.5 Å². The second-order valence-corrected chi connectivity index (χ2v) is 7.56. The van der Waals surface area contributed by atoms with Crippen molar-refractivity contribution in [3.05, 3.63) is 95.6 Å². The summed E-state index contributed by atoms with van der Waals surface area (Å²) in [6.07, 6.45) is 5.89. The van der Waals surface area contributed by atoms with E-state index in [2.05, 4.69) is 4.98 Å². The van der Waals surface area contributed by atoms with Crippen LogP contribution < -0.4 is 4.74 Å². The van der Waals surface area contributed by atoms with Crippen LogP contribution in [0.2, 0.25) is 0 Å². The lowest BCUT2D eigenvalue weighted by Gasteiger charge is -2.34. The molecule has 0 spiro atoms. The topological polar surface area (TPSA) is 62.7 Å². The third-order valence-corrected chi connectivity index (χ3v) is 5.28. The van der Waals surface area contributed by atoms with Crippen LogP contribution in [0.5, 0.6) is 11.5 Å². The van der Waals surface area contributed by atoms with Crippen LogP contribution >= 0.6 is 0 Å². The highest BCUT2D eigenvalue weighted by molar-refractivity contribution is 5.95. The maximum atomic E-state index is 14.4. The van der Waals surface area contributed by atoms with E-state index in [1.807, 2.05) is 0 Å². The molecular formula is C25H20F3N3O3. The third-order valence-electron chi connectivity index (χ3n) is 5.28. The minimum atomic E-state index is -1.09. The van der Waals surface area contributed by atoms with Crippen molar-refractivity contribution >= 4 is 17.9 Å². The summed E-state index contributed by atoms with van der Waals surface area (Å²) in [5.74, 6) is -2.95. The molecule has 1 aromatic heterocycles. The Morgan fingerprint density at radius 2 is 1.65 bits per heavy atom. The summed E-state index contributed by atoms with van der Waals surface area (Å²) in [6, 6.07) is 10.7. The Hall–Kier alpha value is -4.14. The predicted octanol–water partition coefficient (Wildman–Crippen LogP) is 4.29. The summed E-state index contributed by atoms with van der Waals surface area (Å²) in [4.78, 5) is 32.0. The van der Waals surface area contributed by atoms with Gasteiger partial charge in [-0.15, -0.1) is 0 Å². The fraction of sp³-hybridized carbons (Fsp3) is 0.160. The summed E-state index contributed by atoms with van der Waals surface area (Å²) in [6.45, 7) is 1.08.